The lowest BCUT2D eigenvalue weighted by molar-refractivity contribution is -0.143. The van der Waals surface area contributed by atoms with E-state index < -0.39 is 36.5 Å². The number of fused-ring (bicyclic) bond motifs is 1. The Morgan fingerprint density at radius 3 is 2.29 bits per heavy atom. The number of benzene rings is 2. The molecule has 0 saturated carbocycles. The highest BCUT2D eigenvalue weighted by molar-refractivity contribution is 5.83. The summed E-state index contributed by atoms with van der Waals surface area (Å²) in [5.74, 6) is -0.264. The molecule has 38 heavy (non-hydrogen) atoms. The Bertz CT molecular complexity index is 1250. The smallest absolute Gasteiger partial charge is 0.358 e. The molecule has 0 radical (unpaired) electrons. The van der Waals surface area contributed by atoms with Crippen molar-refractivity contribution in [2.24, 2.45) is 0 Å². The van der Waals surface area contributed by atoms with Crippen LogP contribution in [0.5, 0.6) is 0 Å². The second-order valence-corrected chi connectivity index (χ2v) is 9.38. The summed E-state index contributed by atoms with van der Waals surface area (Å²) in [6, 6.07) is 12.7. The quantitative estimate of drug-likeness (QED) is 0.388. The van der Waals surface area contributed by atoms with Crippen molar-refractivity contribution in [2.75, 3.05) is 13.6 Å². The SMILES string of the molecule is CNC(=O)[C@@H](c1ccccc1)N1CCc2c(c(C)nn2CC(F)(F)F)C1CCc1ccc(C(F)(F)F)cc1. The summed E-state index contributed by atoms with van der Waals surface area (Å²) in [6.45, 7) is 0.741. The first-order valence-corrected chi connectivity index (χ1v) is 12.2. The third-order valence-corrected chi connectivity index (χ3v) is 6.88. The fraction of sp³-hybridized carbons (Fsp3) is 0.407. The van der Waals surface area contributed by atoms with Gasteiger partial charge in [-0.3, -0.25) is 14.4 Å². The van der Waals surface area contributed by atoms with E-state index in [9.17, 15) is 31.1 Å². The number of nitrogens with one attached hydrogen (secondary N) is 1. The van der Waals surface area contributed by atoms with Crippen molar-refractivity contribution in [3.8, 4) is 0 Å². The maximum Gasteiger partial charge on any atom is 0.416 e. The number of carbonyl (C=O) groups excluding carboxylic acids is 1. The Hall–Kier alpha value is -3.34. The normalized spacial score (nSPS) is 17.2. The third-order valence-electron chi connectivity index (χ3n) is 6.88. The summed E-state index contributed by atoms with van der Waals surface area (Å²) >= 11 is 0. The van der Waals surface area contributed by atoms with Gasteiger partial charge in [0.05, 0.1) is 11.3 Å². The fourth-order valence-electron chi connectivity index (χ4n) is 5.25. The van der Waals surface area contributed by atoms with Gasteiger partial charge in [0.1, 0.15) is 12.6 Å². The summed E-state index contributed by atoms with van der Waals surface area (Å²) in [6.07, 6.45) is -7.90. The van der Waals surface area contributed by atoms with Crippen LogP contribution in [0.2, 0.25) is 0 Å². The average Bonchev–Trinajstić information content (AvgIpc) is 3.17. The summed E-state index contributed by atoms with van der Waals surface area (Å²) in [5, 5.41) is 6.89. The van der Waals surface area contributed by atoms with Crippen LogP contribution in [0.15, 0.2) is 54.6 Å². The molecule has 0 aliphatic carbocycles. The van der Waals surface area contributed by atoms with E-state index in [0.29, 0.717) is 41.9 Å². The second-order valence-electron chi connectivity index (χ2n) is 9.38. The topological polar surface area (TPSA) is 50.2 Å². The molecular weight excluding hydrogens is 510 g/mol. The number of hydrogen-bond donors (Lipinski definition) is 1. The third kappa shape index (κ3) is 6.03. The number of carbonyl (C=O) groups is 1. The highest BCUT2D eigenvalue weighted by Crippen LogP contribution is 2.41. The maximum absolute atomic E-state index is 13.3. The van der Waals surface area contributed by atoms with Crippen molar-refractivity contribution in [1.82, 2.24) is 20.0 Å². The Morgan fingerprint density at radius 2 is 1.71 bits per heavy atom. The van der Waals surface area contributed by atoms with Crippen LogP contribution in [0.25, 0.3) is 0 Å². The molecule has 1 N–H and O–H groups in total. The van der Waals surface area contributed by atoms with Crippen molar-refractivity contribution in [2.45, 2.75) is 57.2 Å². The van der Waals surface area contributed by atoms with E-state index >= 15 is 0 Å². The summed E-state index contributed by atoms with van der Waals surface area (Å²) in [4.78, 5) is 15.1. The van der Waals surface area contributed by atoms with E-state index in [-0.39, 0.29) is 12.3 Å². The van der Waals surface area contributed by atoms with Crippen LogP contribution in [0, 0.1) is 6.92 Å². The Balaban J connectivity index is 1.73. The standard InChI is InChI=1S/C27H28F6N4O/c1-17-23-21(13-10-18-8-11-20(12-9-18)27(31,32)33)36(15-14-22(23)37(35-17)16-26(28,29)30)24(25(38)34-2)19-6-4-3-5-7-19/h3-9,11-12,21,24H,10,13-16H2,1-2H3,(H,34,38)/t21?,24-/m1/s1. The van der Waals surface area contributed by atoms with Gasteiger partial charge < -0.3 is 5.32 Å². The number of rotatable bonds is 7. The molecule has 0 spiro atoms. The largest absolute Gasteiger partial charge is 0.416 e. The van der Waals surface area contributed by atoms with Gasteiger partial charge in [-0.1, -0.05) is 42.5 Å². The minimum Gasteiger partial charge on any atom is -0.358 e. The Labute approximate surface area is 216 Å². The van der Waals surface area contributed by atoms with Crippen molar-refractivity contribution >= 4 is 5.91 Å². The lowest BCUT2D eigenvalue weighted by atomic mass is 9.88. The molecule has 3 aromatic rings. The number of aromatic nitrogens is 2. The van der Waals surface area contributed by atoms with E-state index in [4.69, 9.17) is 0 Å². The number of nitrogens with zero attached hydrogens (tertiary/aromatic N) is 3. The van der Waals surface area contributed by atoms with Crippen molar-refractivity contribution in [1.29, 1.82) is 0 Å². The highest BCUT2D eigenvalue weighted by Gasteiger charge is 2.40. The first kappa shape index (κ1) is 27.7. The van der Waals surface area contributed by atoms with Crippen molar-refractivity contribution < 1.29 is 31.1 Å². The van der Waals surface area contributed by atoms with Crippen LogP contribution in [0.3, 0.4) is 0 Å². The maximum atomic E-state index is 13.3. The molecule has 1 aliphatic heterocycles. The molecule has 11 heteroatoms. The van der Waals surface area contributed by atoms with Crippen LogP contribution < -0.4 is 5.32 Å². The molecule has 5 nitrogen and oxygen atoms in total. The average molecular weight is 539 g/mol. The number of aryl methyl sites for hydroxylation is 2. The zero-order valence-electron chi connectivity index (χ0n) is 20.9. The fourth-order valence-corrected chi connectivity index (χ4v) is 5.25. The van der Waals surface area contributed by atoms with Crippen molar-refractivity contribution in [3.05, 3.63) is 88.2 Å². The molecule has 1 unspecified atom stereocenters. The van der Waals surface area contributed by atoms with Gasteiger partial charge >= 0.3 is 12.4 Å². The predicted octanol–water partition coefficient (Wildman–Crippen LogP) is 5.79. The van der Waals surface area contributed by atoms with E-state index in [1.807, 2.05) is 35.2 Å². The van der Waals surface area contributed by atoms with E-state index in [1.54, 1.807) is 6.92 Å². The van der Waals surface area contributed by atoms with Crippen LogP contribution in [-0.2, 0) is 30.4 Å². The molecule has 0 bridgehead atoms. The van der Waals surface area contributed by atoms with Gasteiger partial charge in [0.2, 0.25) is 5.91 Å². The molecule has 2 aromatic carbocycles. The zero-order chi connectivity index (χ0) is 27.7. The number of hydrogen-bond acceptors (Lipinski definition) is 3. The molecule has 1 amide bonds. The number of amides is 1. The van der Waals surface area contributed by atoms with Gasteiger partial charge in [-0.15, -0.1) is 0 Å². The number of likely N-dealkylation sites (N-methyl/N-ethyl adjacent to an activating group) is 1. The van der Waals surface area contributed by atoms with Crippen LogP contribution in [-0.4, -0.2) is 40.4 Å². The molecule has 4 rings (SSSR count). The number of alkyl halides is 6. The van der Waals surface area contributed by atoms with Crippen LogP contribution in [0.1, 0.15) is 52.1 Å². The summed E-state index contributed by atoms with van der Waals surface area (Å²) in [5.41, 5.74) is 2.18. The summed E-state index contributed by atoms with van der Waals surface area (Å²) < 4.78 is 79.8. The Morgan fingerprint density at radius 1 is 1.05 bits per heavy atom. The lowest BCUT2D eigenvalue weighted by Gasteiger charge is -2.41. The van der Waals surface area contributed by atoms with E-state index in [0.717, 1.165) is 22.4 Å². The van der Waals surface area contributed by atoms with Gasteiger partial charge in [0.25, 0.3) is 0 Å². The Kier molecular flexibility index (Phi) is 7.87. The van der Waals surface area contributed by atoms with Gasteiger partial charge in [0, 0.05) is 37.3 Å². The monoisotopic (exact) mass is 538 g/mol. The molecule has 0 fully saturated rings. The van der Waals surface area contributed by atoms with E-state index in [2.05, 4.69) is 10.4 Å². The molecule has 204 valence electrons. The first-order valence-electron chi connectivity index (χ1n) is 12.2. The van der Waals surface area contributed by atoms with Gasteiger partial charge in [-0.25, -0.2) is 0 Å². The zero-order valence-corrected chi connectivity index (χ0v) is 20.9. The minimum atomic E-state index is -4.45. The van der Waals surface area contributed by atoms with Gasteiger partial charge in [0.15, 0.2) is 0 Å². The minimum absolute atomic E-state index is 0.264. The van der Waals surface area contributed by atoms with Gasteiger partial charge in [-0.2, -0.15) is 31.4 Å². The first-order chi connectivity index (χ1) is 17.9. The highest BCUT2D eigenvalue weighted by atomic mass is 19.4. The summed E-state index contributed by atoms with van der Waals surface area (Å²) in [7, 11) is 1.53. The van der Waals surface area contributed by atoms with Crippen LogP contribution in [0.4, 0.5) is 26.3 Å². The predicted molar refractivity (Wildman–Crippen MR) is 129 cm³/mol. The molecular formula is C27H28F6N4O. The van der Waals surface area contributed by atoms with Gasteiger partial charge in [-0.05, 0) is 43.0 Å². The molecule has 0 saturated heterocycles. The second kappa shape index (κ2) is 10.8. The molecule has 1 aromatic heterocycles. The molecule has 2 atom stereocenters. The molecule has 2 heterocycles. The molecule has 1 aliphatic rings. The van der Waals surface area contributed by atoms with E-state index in [1.165, 1.54) is 19.2 Å². The van der Waals surface area contributed by atoms with Crippen LogP contribution >= 0.6 is 0 Å². The number of halogens is 6. The lowest BCUT2D eigenvalue weighted by Crippen LogP contribution is -2.45. The van der Waals surface area contributed by atoms with Crippen molar-refractivity contribution in [3.63, 3.8) is 0 Å².